The molecule has 2 N–H and O–H groups in total. The Hall–Kier alpha value is -3.49. The van der Waals surface area contributed by atoms with Gasteiger partial charge in [-0.05, 0) is 19.1 Å². The lowest BCUT2D eigenvalue weighted by molar-refractivity contribution is -0.393. The molecule has 0 aliphatic carbocycles. The van der Waals surface area contributed by atoms with Crippen LogP contribution in [0.3, 0.4) is 0 Å². The Balaban J connectivity index is 2.50. The Morgan fingerprint density at radius 2 is 1.67 bits per heavy atom. The number of non-ortho nitro benzene ring substituents is 1. The number of hydrogen-bond donors (Lipinski definition) is 2. The van der Waals surface area contributed by atoms with E-state index < -0.39 is 27.1 Å². The molecule has 9 nitrogen and oxygen atoms in total. The van der Waals surface area contributed by atoms with Crippen molar-refractivity contribution in [1.82, 2.24) is 0 Å². The van der Waals surface area contributed by atoms with Crippen LogP contribution in [0.5, 0.6) is 0 Å². The number of nitrogens with zero attached hydrogens (tertiary/aromatic N) is 2. The van der Waals surface area contributed by atoms with Gasteiger partial charge in [0, 0.05) is 18.8 Å². The van der Waals surface area contributed by atoms with Crippen molar-refractivity contribution in [3.63, 3.8) is 0 Å². The average molecular weight is 330 g/mol. The minimum absolute atomic E-state index is 0.0878. The fourth-order valence-electron chi connectivity index (χ4n) is 2.14. The molecule has 0 bridgehead atoms. The van der Waals surface area contributed by atoms with E-state index in [9.17, 15) is 25.0 Å². The minimum atomic E-state index is -0.783. The molecule has 0 spiro atoms. The number of anilines is 2. The molecule has 0 heterocycles. The highest BCUT2D eigenvalue weighted by Crippen LogP contribution is 2.33. The van der Waals surface area contributed by atoms with E-state index in [1.165, 1.54) is 7.05 Å². The highest BCUT2D eigenvalue weighted by atomic mass is 16.6. The molecule has 2 rings (SSSR count). The zero-order valence-electron chi connectivity index (χ0n) is 12.9. The number of carbonyl (C=O) groups is 1. The molecule has 0 saturated heterocycles. The third-order valence-electron chi connectivity index (χ3n) is 3.31. The van der Waals surface area contributed by atoms with E-state index in [2.05, 4.69) is 10.6 Å². The van der Waals surface area contributed by atoms with Crippen LogP contribution in [-0.4, -0.2) is 22.8 Å². The van der Waals surface area contributed by atoms with Crippen molar-refractivity contribution in [2.75, 3.05) is 17.7 Å². The monoisotopic (exact) mass is 330 g/mol. The van der Waals surface area contributed by atoms with E-state index in [-0.39, 0.29) is 11.3 Å². The summed E-state index contributed by atoms with van der Waals surface area (Å²) in [6.45, 7) is 1.88. The second-order valence-corrected chi connectivity index (χ2v) is 4.97. The van der Waals surface area contributed by atoms with Gasteiger partial charge in [0.1, 0.15) is 5.69 Å². The predicted octanol–water partition coefficient (Wildman–Crippen LogP) is 3.11. The Kier molecular flexibility index (Phi) is 4.73. The molecule has 0 radical (unpaired) electrons. The summed E-state index contributed by atoms with van der Waals surface area (Å²) in [5.74, 6) is -0.685. The second-order valence-electron chi connectivity index (χ2n) is 4.97. The standard InChI is InChI=1S/C15H14N4O5/c1-9-3-5-10(6-4-9)17-15(20)12-7-11(18(21)22)8-13(19(23)24)14(12)16-2/h3-8,16H,1-2H3,(H,17,20). The maximum Gasteiger partial charge on any atom is 0.300 e. The van der Waals surface area contributed by atoms with Gasteiger partial charge in [-0.2, -0.15) is 0 Å². The Morgan fingerprint density at radius 3 is 2.17 bits per heavy atom. The van der Waals surface area contributed by atoms with Crippen LogP contribution in [0.15, 0.2) is 36.4 Å². The van der Waals surface area contributed by atoms with Gasteiger partial charge in [-0.3, -0.25) is 25.0 Å². The number of benzene rings is 2. The zero-order valence-corrected chi connectivity index (χ0v) is 12.9. The third-order valence-corrected chi connectivity index (χ3v) is 3.31. The zero-order chi connectivity index (χ0) is 17.9. The van der Waals surface area contributed by atoms with E-state index in [0.29, 0.717) is 5.69 Å². The molecule has 0 atom stereocenters. The van der Waals surface area contributed by atoms with Crippen LogP contribution in [0.25, 0.3) is 0 Å². The van der Waals surface area contributed by atoms with Crippen LogP contribution in [0, 0.1) is 27.2 Å². The molecule has 0 fully saturated rings. The molecule has 0 aliphatic heterocycles. The van der Waals surface area contributed by atoms with Crippen molar-refractivity contribution in [2.24, 2.45) is 0 Å². The lowest BCUT2D eigenvalue weighted by Crippen LogP contribution is -2.15. The molecule has 2 aromatic rings. The molecule has 24 heavy (non-hydrogen) atoms. The average Bonchev–Trinajstić information content (AvgIpc) is 2.55. The predicted molar refractivity (Wildman–Crippen MR) is 88.4 cm³/mol. The first kappa shape index (κ1) is 16.9. The fraction of sp³-hybridized carbons (Fsp3) is 0.133. The van der Waals surface area contributed by atoms with Gasteiger partial charge in [0.05, 0.1) is 21.5 Å². The summed E-state index contributed by atoms with van der Waals surface area (Å²) in [5.41, 5.74) is 0.126. The van der Waals surface area contributed by atoms with Crippen LogP contribution < -0.4 is 10.6 Å². The Bertz CT molecular complexity index is 817. The Labute approximate surface area is 136 Å². The van der Waals surface area contributed by atoms with Gasteiger partial charge >= 0.3 is 0 Å². The first-order valence-electron chi connectivity index (χ1n) is 6.86. The van der Waals surface area contributed by atoms with Gasteiger partial charge < -0.3 is 10.6 Å². The second kappa shape index (κ2) is 6.73. The quantitative estimate of drug-likeness (QED) is 0.640. The van der Waals surface area contributed by atoms with Crippen molar-refractivity contribution >= 4 is 28.7 Å². The SMILES string of the molecule is CNc1c(C(=O)Nc2ccc(C)cc2)cc([N+](=O)[O-])cc1[N+](=O)[O-]. The van der Waals surface area contributed by atoms with Crippen LogP contribution in [0.1, 0.15) is 15.9 Å². The number of nitro benzene ring substituents is 2. The number of amides is 1. The van der Waals surface area contributed by atoms with Crippen molar-refractivity contribution < 1.29 is 14.6 Å². The molecule has 0 aliphatic rings. The van der Waals surface area contributed by atoms with Gasteiger partial charge in [0.25, 0.3) is 17.3 Å². The molecular weight excluding hydrogens is 316 g/mol. The summed E-state index contributed by atoms with van der Waals surface area (Å²) in [4.78, 5) is 33.0. The van der Waals surface area contributed by atoms with E-state index in [1.807, 2.05) is 6.92 Å². The minimum Gasteiger partial charge on any atom is -0.382 e. The molecule has 0 aromatic heterocycles. The number of hydrogen-bond acceptors (Lipinski definition) is 6. The van der Waals surface area contributed by atoms with Crippen LogP contribution >= 0.6 is 0 Å². The van der Waals surface area contributed by atoms with E-state index in [4.69, 9.17) is 0 Å². The van der Waals surface area contributed by atoms with Gasteiger partial charge in [-0.25, -0.2) is 0 Å². The van der Waals surface area contributed by atoms with Crippen molar-refractivity contribution in [3.05, 3.63) is 67.8 Å². The molecule has 124 valence electrons. The number of nitro groups is 2. The lowest BCUT2D eigenvalue weighted by Gasteiger charge is -2.10. The highest BCUT2D eigenvalue weighted by Gasteiger charge is 2.26. The Morgan fingerprint density at radius 1 is 1.04 bits per heavy atom. The summed E-state index contributed by atoms with van der Waals surface area (Å²) in [6, 6.07) is 8.71. The smallest absolute Gasteiger partial charge is 0.300 e. The van der Waals surface area contributed by atoms with Gasteiger partial charge in [-0.15, -0.1) is 0 Å². The van der Waals surface area contributed by atoms with Gasteiger partial charge in [0.15, 0.2) is 0 Å². The van der Waals surface area contributed by atoms with Crippen molar-refractivity contribution in [3.8, 4) is 0 Å². The van der Waals surface area contributed by atoms with E-state index >= 15 is 0 Å². The summed E-state index contributed by atoms with van der Waals surface area (Å²) in [5, 5.41) is 27.2. The molecule has 0 saturated carbocycles. The topological polar surface area (TPSA) is 127 Å². The van der Waals surface area contributed by atoms with Crippen molar-refractivity contribution in [1.29, 1.82) is 0 Å². The van der Waals surface area contributed by atoms with Crippen LogP contribution in [0.2, 0.25) is 0 Å². The lowest BCUT2D eigenvalue weighted by atomic mass is 10.1. The summed E-state index contributed by atoms with van der Waals surface area (Å²) in [6.07, 6.45) is 0. The third kappa shape index (κ3) is 3.46. The molecule has 0 unspecified atom stereocenters. The van der Waals surface area contributed by atoms with E-state index in [0.717, 1.165) is 17.7 Å². The number of aryl methyl sites for hydroxylation is 1. The first-order chi connectivity index (χ1) is 11.3. The van der Waals surface area contributed by atoms with Gasteiger partial charge in [0.2, 0.25) is 0 Å². The summed E-state index contributed by atoms with van der Waals surface area (Å²) in [7, 11) is 1.40. The fourth-order valence-corrected chi connectivity index (χ4v) is 2.14. The largest absolute Gasteiger partial charge is 0.382 e. The summed E-state index contributed by atoms with van der Waals surface area (Å²) >= 11 is 0. The molecule has 1 amide bonds. The maximum atomic E-state index is 12.4. The van der Waals surface area contributed by atoms with Gasteiger partial charge in [-0.1, -0.05) is 17.7 Å². The first-order valence-corrected chi connectivity index (χ1v) is 6.86. The normalized spacial score (nSPS) is 10.1. The van der Waals surface area contributed by atoms with Crippen LogP contribution in [0.4, 0.5) is 22.7 Å². The number of rotatable bonds is 5. The van der Waals surface area contributed by atoms with Crippen molar-refractivity contribution in [2.45, 2.75) is 6.92 Å². The highest BCUT2D eigenvalue weighted by molar-refractivity contribution is 6.09. The maximum absolute atomic E-state index is 12.4. The van der Waals surface area contributed by atoms with E-state index in [1.54, 1.807) is 24.3 Å². The summed E-state index contributed by atoms with van der Waals surface area (Å²) < 4.78 is 0. The van der Waals surface area contributed by atoms with Crippen LogP contribution in [-0.2, 0) is 0 Å². The molecule has 2 aromatic carbocycles. The molecule has 9 heteroatoms. The number of carbonyl (C=O) groups excluding carboxylic acids is 1. The molecular formula is C15H14N4O5. The number of nitrogens with one attached hydrogen (secondary N) is 2.